The molecule has 0 aromatic carbocycles. The standard InChI is InChI=1S/4C6H14NO2.Zr/c4*1-3-5-8-7-9-6-4-2;/h4*3-6H2,1-2H3;/q4*-1;+4. The molecule has 0 aliphatic heterocycles. The molecule has 0 unspecified atom stereocenters. The second kappa shape index (κ2) is 56.6. The molecule has 0 aliphatic rings. The van der Waals surface area contributed by atoms with Gasteiger partial charge in [0.1, 0.15) is 0 Å². The van der Waals surface area contributed by atoms with Gasteiger partial charge in [-0.05, 0) is 51.4 Å². The average molecular weight is 620 g/mol. The molecule has 0 spiro atoms. The fraction of sp³-hybridized carbons (Fsp3) is 1.00. The third-order valence-corrected chi connectivity index (χ3v) is 2.78. The molecule has 0 radical (unpaired) electrons. The van der Waals surface area contributed by atoms with Crippen LogP contribution in [0.4, 0.5) is 0 Å². The van der Waals surface area contributed by atoms with Gasteiger partial charge in [-0.25, -0.2) is 0 Å². The maximum absolute atomic E-state index is 4.69. The Kier molecular flexibility index (Phi) is 72.2. The van der Waals surface area contributed by atoms with Crippen molar-refractivity contribution < 1.29 is 64.9 Å². The van der Waals surface area contributed by atoms with E-state index in [1.165, 1.54) is 0 Å². The van der Waals surface area contributed by atoms with E-state index in [-0.39, 0.29) is 26.2 Å². The summed E-state index contributed by atoms with van der Waals surface area (Å²) in [7, 11) is 0. The molecule has 0 amide bonds. The van der Waals surface area contributed by atoms with Crippen LogP contribution in [0.25, 0.3) is 22.6 Å². The van der Waals surface area contributed by atoms with Crippen molar-refractivity contribution in [1.82, 2.24) is 0 Å². The van der Waals surface area contributed by atoms with Crippen LogP contribution in [-0.2, 0) is 64.9 Å². The van der Waals surface area contributed by atoms with Crippen LogP contribution >= 0.6 is 0 Å². The van der Waals surface area contributed by atoms with Crippen LogP contribution in [0.5, 0.6) is 0 Å². The Morgan fingerprint density at radius 3 is 0.459 bits per heavy atom. The summed E-state index contributed by atoms with van der Waals surface area (Å²) in [5.41, 5.74) is 13.4. The molecule has 0 N–H and O–H groups in total. The van der Waals surface area contributed by atoms with Crippen molar-refractivity contribution in [3.8, 4) is 0 Å². The molecule has 0 fully saturated rings. The first kappa shape index (κ1) is 47.2. The van der Waals surface area contributed by atoms with E-state index in [0.29, 0.717) is 52.9 Å². The summed E-state index contributed by atoms with van der Waals surface area (Å²) in [6.45, 7) is 21.3. The Bertz CT molecular complexity index is 240. The zero-order chi connectivity index (χ0) is 27.8. The van der Waals surface area contributed by atoms with E-state index < -0.39 is 0 Å². The van der Waals surface area contributed by atoms with Crippen molar-refractivity contribution in [2.75, 3.05) is 52.9 Å². The topological polar surface area (TPSA) is 130 Å². The van der Waals surface area contributed by atoms with Crippen molar-refractivity contribution in [3.63, 3.8) is 0 Å². The molecule has 0 aromatic heterocycles. The van der Waals surface area contributed by atoms with E-state index in [4.69, 9.17) is 0 Å². The van der Waals surface area contributed by atoms with Gasteiger partial charge in [-0.15, -0.1) is 0 Å². The molecular formula is C24H56N4O8Zr. The Hall–Kier alpha value is 0.403. The van der Waals surface area contributed by atoms with Gasteiger partial charge in [0.2, 0.25) is 0 Å². The molecule has 0 heterocycles. The number of rotatable bonds is 24. The second-order valence-electron chi connectivity index (χ2n) is 6.96. The molecule has 0 bridgehead atoms. The number of nitrogens with zero attached hydrogens (tertiary/aromatic N) is 4. The van der Waals surface area contributed by atoms with Crippen LogP contribution in [0.3, 0.4) is 0 Å². The second-order valence-corrected chi connectivity index (χ2v) is 6.96. The van der Waals surface area contributed by atoms with Gasteiger partial charge in [0.15, 0.2) is 0 Å². The van der Waals surface area contributed by atoms with Crippen molar-refractivity contribution in [2.24, 2.45) is 0 Å². The molecule has 13 heteroatoms. The summed E-state index contributed by atoms with van der Waals surface area (Å²) in [5, 5.41) is 0. The third kappa shape index (κ3) is 72.4. The van der Waals surface area contributed by atoms with Crippen LogP contribution in [0.15, 0.2) is 0 Å². The van der Waals surface area contributed by atoms with E-state index in [2.05, 4.69) is 61.3 Å². The van der Waals surface area contributed by atoms with Crippen LogP contribution in [0, 0.1) is 0 Å². The summed E-state index contributed by atoms with van der Waals surface area (Å²) >= 11 is 0. The molecule has 0 aromatic rings. The van der Waals surface area contributed by atoms with E-state index in [1.807, 2.05) is 55.4 Å². The van der Waals surface area contributed by atoms with Gasteiger partial charge in [0, 0.05) is 52.9 Å². The molecular weight excluding hydrogens is 564 g/mol. The molecule has 224 valence electrons. The fourth-order valence-electron chi connectivity index (χ4n) is 1.18. The van der Waals surface area contributed by atoms with E-state index in [0.717, 1.165) is 51.4 Å². The smallest absolute Gasteiger partial charge is 0.462 e. The summed E-state index contributed by atoms with van der Waals surface area (Å²) in [5.74, 6) is 0. The van der Waals surface area contributed by atoms with Gasteiger partial charge in [-0.1, -0.05) is 55.4 Å². The minimum absolute atomic E-state index is 0. The Morgan fingerprint density at radius 1 is 0.270 bits per heavy atom. The summed E-state index contributed by atoms with van der Waals surface area (Å²) in [6, 6.07) is 0. The first-order valence-electron chi connectivity index (χ1n) is 13.4. The summed E-state index contributed by atoms with van der Waals surface area (Å²) in [4.78, 5) is 37.5. The molecule has 0 aliphatic carbocycles. The maximum atomic E-state index is 4.69. The Morgan fingerprint density at radius 2 is 0.378 bits per heavy atom. The zero-order valence-electron chi connectivity index (χ0n) is 24.9. The quantitative estimate of drug-likeness (QED) is 0.0781. The number of hydrogen-bond acceptors (Lipinski definition) is 8. The summed E-state index contributed by atoms with van der Waals surface area (Å²) in [6.07, 6.45) is 7.77. The molecule has 37 heavy (non-hydrogen) atoms. The van der Waals surface area contributed by atoms with E-state index in [9.17, 15) is 0 Å². The monoisotopic (exact) mass is 618 g/mol. The van der Waals surface area contributed by atoms with E-state index in [1.54, 1.807) is 0 Å². The van der Waals surface area contributed by atoms with Gasteiger partial charge < -0.3 is 61.3 Å². The zero-order valence-corrected chi connectivity index (χ0v) is 27.3. The first-order valence-corrected chi connectivity index (χ1v) is 13.4. The summed E-state index contributed by atoms with van der Waals surface area (Å²) < 4.78 is 0. The predicted molar refractivity (Wildman–Crippen MR) is 143 cm³/mol. The molecule has 0 saturated carbocycles. The van der Waals surface area contributed by atoms with Gasteiger partial charge in [0.05, 0.1) is 0 Å². The van der Waals surface area contributed by atoms with Crippen LogP contribution in [-0.4, -0.2) is 52.9 Å². The van der Waals surface area contributed by atoms with Crippen LogP contribution < -0.4 is 0 Å². The van der Waals surface area contributed by atoms with Gasteiger partial charge in [-0.2, -0.15) is 0 Å². The third-order valence-electron chi connectivity index (χ3n) is 2.78. The minimum Gasteiger partial charge on any atom is -0.462 e. The predicted octanol–water partition coefficient (Wildman–Crippen LogP) is 8.17. The van der Waals surface area contributed by atoms with Crippen molar-refractivity contribution in [1.29, 1.82) is 0 Å². The van der Waals surface area contributed by atoms with Crippen LogP contribution in [0.1, 0.15) is 107 Å². The molecule has 0 atom stereocenters. The molecule has 0 rings (SSSR count). The SMILES string of the molecule is CCCO[N-]OCCC.CCCO[N-]OCCC.CCCO[N-]OCCC.CCCO[N-]OCCC.[Zr+4]. The largest absolute Gasteiger partial charge is 4.00 e. The van der Waals surface area contributed by atoms with Crippen molar-refractivity contribution in [2.45, 2.75) is 107 Å². The normalized spacial score (nSPS) is 9.73. The maximum Gasteiger partial charge on any atom is 4.00 e. The van der Waals surface area contributed by atoms with Gasteiger partial charge in [-0.3, -0.25) is 0 Å². The minimum atomic E-state index is 0. The fourth-order valence-corrected chi connectivity index (χ4v) is 1.18. The van der Waals surface area contributed by atoms with Gasteiger partial charge in [0.25, 0.3) is 0 Å². The van der Waals surface area contributed by atoms with Crippen molar-refractivity contribution in [3.05, 3.63) is 22.6 Å². The molecule has 0 saturated heterocycles. The Balaban J connectivity index is -0.000000122. The molecule has 12 nitrogen and oxygen atoms in total. The van der Waals surface area contributed by atoms with Crippen LogP contribution in [0.2, 0.25) is 0 Å². The van der Waals surface area contributed by atoms with Crippen molar-refractivity contribution >= 4 is 0 Å². The first-order chi connectivity index (χ1) is 17.7. The Labute approximate surface area is 246 Å². The van der Waals surface area contributed by atoms with E-state index >= 15 is 0 Å². The average Bonchev–Trinajstić information content (AvgIpc) is 2.90. The number of hydrogen-bond donors (Lipinski definition) is 0. The van der Waals surface area contributed by atoms with Gasteiger partial charge >= 0.3 is 26.2 Å².